The predicted octanol–water partition coefficient (Wildman–Crippen LogP) is 2.87. The molecule has 6 heteroatoms. The lowest BCUT2D eigenvalue weighted by Crippen LogP contribution is -2.58. The topological polar surface area (TPSA) is 58.4 Å². The second-order valence-electron chi connectivity index (χ2n) is 5.97. The number of carbonyl (C=O) groups excluding carboxylic acids is 1. The van der Waals surface area contributed by atoms with E-state index in [0.717, 1.165) is 44.5 Å². The van der Waals surface area contributed by atoms with Gasteiger partial charge in [0.1, 0.15) is 0 Å². The van der Waals surface area contributed by atoms with Crippen molar-refractivity contribution in [3.63, 3.8) is 0 Å². The Labute approximate surface area is 152 Å². The molecule has 0 radical (unpaired) electrons. The third kappa shape index (κ3) is 5.96. The number of nitrogens with zero attached hydrogens (tertiary/aromatic N) is 1. The summed E-state index contributed by atoms with van der Waals surface area (Å²) < 4.78 is 0. The van der Waals surface area contributed by atoms with E-state index >= 15 is 0 Å². The number of rotatable bonds is 7. The first-order valence-corrected chi connectivity index (χ1v) is 7.94. The molecule has 0 heterocycles. The molecule has 1 aromatic rings. The fourth-order valence-corrected chi connectivity index (χ4v) is 2.61. The molecule has 4 nitrogen and oxygen atoms in total. The van der Waals surface area contributed by atoms with Gasteiger partial charge in [0.15, 0.2) is 0 Å². The van der Waals surface area contributed by atoms with E-state index in [0.29, 0.717) is 6.54 Å². The first-order valence-electron chi connectivity index (χ1n) is 7.94. The van der Waals surface area contributed by atoms with Crippen LogP contribution in [-0.2, 0) is 17.9 Å². The van der Waals surface area contributed by atoms with Gasteiger partial charge in [-0.15, -0.1) is 24.8 Å². The number of carbonyl (C=O) groups is 1. The van der Waals surface area contributed by atoms with Gasteiger partial charge in [0, 0.05) is 13.1 Å². The van der Waals surface area contributed by atoms with Gasteiger partial charge in [-0.05, 0) is 43.5 Å². The fraction of sp³-hybridized carbons (Fsp3) is 0.588. The molecule has 1 aliphatic rings. The molecule has 1 fully saturated rings. The van der Waals surface area contributed by atoms with Crippen LogP contribution >= 0.6 is 24.8 Å². The zero-order chi connectivity index (χ0) is 15.3. The summed E-state index contributed by atoms with van der Waals surface area (Å²) >= 11 is 0. The van der Waals surface area contributed by atoms with Crippen molar-refractivity contribution in [3.05, 3.63) is 35.4 Å². The molecule has 3 N–H and O–H groups in total. The SMILES string of the molecule is CCN(CC)Cc1ccc(CNC(=O)C2(N)CCC2)cc1.Cl.Cl. The van der Waals surface area contributed by atoms with E-state index in [2.05, 4.69) is 48.3 Å². The molecule has 0 spiro atoms. The van der Waals surface area contributed by atoms with Gasteiger partial charge in [0.25, 0.3) is 0 Å². The molecule has 23 heavy (non-hydrogen) atoms. The van der Waals surface area contributed by atoms with E-state index in [1.165, 1.54) is 5.56 Å². The number of hydrogen-bond acceptors (Lipinski definition) is 3. The zero-order valence-corrected chi connectivity index (χ0v) is 15.6. The van der Waals surface area contributed by atoms with E-state index in [1.54, 1.807) is 0 Å². The Bertz CT molecular complexity index is 471. The van der Waals surface area contributed by atoms with Gasteiger partial charge >= 0.3 is 0 Å². The van der Waals surface area contributed by atoms with Crippen LogP contribution in [0.15, 0.2) is 24.3 Å². The summed E-state index contributed by atoms with van der Waals surface area (Å²) in [6, 6.07) is 8.45. The number of nitrogens with two attached hydrogens (primary N) is 1. The Hall–Kier alpha value is -0.810. The third-order valence-electron chi connectivity index (χ3n) is 4.47. The van der Waals surface area contributed by atoms with Crippen LogP contribution < -0.4 is 11.1 Å². The first-order chi connectivity index (χ1) is 10.1. The highest BCUT2D eigenvalue weighted by Crippen LogP contribution is 2.29. The van der Waals surface area contributed by atoms with Gasteiger partial charge in [-0.2, -0.15) is 0 Å². The molecule has 1 aromatic carbocycles. The lowest BCUT2D eigenvalue weighted by atomic mass is 9.77. The summed E-state index contributed by atoms with van der Waals surface area (Å²) in [6.07, 6.45) is 2.67. The summed E-state index contributed by atoms with van der Waals surface area (Å²) in [6.45, 7) is 8.02. The van der Waals surface area contributed by atoms with Crippen LogP contribution in [0.1, 0.15) is 44.2 Å². The van der Waals surface area contributed by atoms with Crippen molar-refractivity contribution >= 4 is 30.7 Å². The quantitative estimate of drug-likeness (QED) is 0.784. The average Bonchev–Trinajstić information content (AvgIpc) is 2.49. The highest BCUT2D eigenvalue weighted by Gasteiger charge is 2.39. The maximum atomic E-state index is 12.0. The molecule has 0 aliphatic heterocycles. The summed E-state index contributed by atoms with van der Waals surface area (Å²) in [5.74, 6) is -0.0130. The van der Waals surface area contributed by atoms with Crippen LogP contribution in [0.2, 0.25) is 0 Å². The Morgan fingerprint density at radius 2 is 1.65 bits per heavy atom. The molecule has 132 valence electrons. The van der Waals surface area contributed by atoms with Crippen molar-refractivity contribution in [2.24, 2.45) is 5.73 Å². The van der Waals surface area contributed by atoms with Crippen LogP contribution in [0.25, 0.3) is 0 Å². The van der Waals surface area contributed by atoms with E-state index in [9.17, 15) is 4.79 Å². The molecular formula is C17H29Cl2N3O. The fourth-order valence-electron chi connectivity index (χ4n) is 2.61. The van der Waals surface area contributed by atoms with E-state index in [-0.39, 0.29) is 30.7 Å². The lowest BCUT2D eigenvalue weighted by molar-refractivity contribution is -0.129. The highest BCUT2D eigenvalue weighted by atomic mass is 35.5. The zero-order valence-electron chi connectivity index (χ0n) is 14.0. The summed E-state index contributed by atoms with van der Waals surface area (Å²) in [5.41, 5.74) is 7.82. The van der Waals surface area contributed by atoms with Gasteiger partial charge in [0.2, 0.25) is 5.91 Å². The number of halogens is 2. The third-order valence-corrected chi connectivity index (χ3v) is 4.47. The van der Waals surface area contributed by atoms with Crippen molar-refractivity contribution in [1.29, 1.82) is 0 Å². The van der Waals surface area contributed by atoms with E-state index in [1.807, 2.05) is 0 Å². The molecule has 0 atom stereocenters. The molecule has 2 rings (SSSR count). The van der Waals surface area contributed by atoms with Gasteiger partial charge in [0.05, 0.1) is 5.54 Å². The number of hydrogen-bond donors (Lipinski definition) is 2. The van der Waals surface area contributed by atoms with Crippen molar-refractivity contribution in [2.45, 2.75) is 51.7 Å². The second kappa shape index (κ2) is 10.1. The summed E-state index contributed by atoms with van der Waals surface area (Å²) in [4.78, 5) is 14.3. The first kappa shape index (κ1) is 22.2. The minimum Gasteiger partial charge on any atom is -0.350 e. The number of amides is 1. The molecule has 0 bridgehead atoms. The maximum Gasteiger partial charge on any atom is 0.240 e. The van der Waals surface area contributed by atoms with Crippen molar-refractivity contribution in [1.82, 2.24) is 10.2 Å². The summed E-state index contributed by atoms with van der Waals surface area (Å²) in [5, 5.41) is 2.95. The minimum atomic E-state index is -0.608. The molecule has 1 aliphatic carbocycles. The van der Waals surface area contributed by atoms with Crippen molar-refractivity contribution in [3.8, 4) is 0 Å². The normalized spacial score (nSPS) is 15.1. The van der Waals surface area contributed by atoms with Gasteiger partial charge in [-0.1, -0.05) is 38.1 Å². The average molecular weight is 362 g/mol. The molecule has 1 saturated carbocycles. The van der Waals surface area contributed by atoms with Crippen LogP contribution in [0.3, 0.4) is 0 Å². The monoisotopic (exact) mass is 361 g/mol. The highest BCUT2D eigenvalue weighted by molar-refractivity contribution is 5.87. The van der Waals surface area contributed by atoms with Crippen LogP contribution in [0.4, 0.5) is 0 Å². The number of nitrogens with one attached hydrogen (secondary N) is 1. The lowest BCUT2D eigenvalue weighted by Gasteiger charge is -2.36. The van der Waals surface area contributed by atoms with E-state index < -0.39 is 5.54 Å². The molecule has 0 saturated heterocycles. The van der Waals surface area contributed by atoms with E-state index in [4.69, 9.17) is 5.73 Å². The number of benzene rings is 1. The maximum absolute atomic E-state index is 12.0. The Morgan fingerprint density at radius 3 is 2.09 bits per heavy atom. The van der Waals surface area contributed by atoms with Crippen LogP contribution in [0.5, 0.6) is 0 Å². The molecule has 0 aromatic heterocycles. The van der Waals surface area contributed by atoms with Gasteiger partial charge in [-0.3, -0.25) is 9.69 Å². The second-order valence-corrected chi connectivity index (χ2v) is 5.97. The Morgan fingerprint density at radius 1 is 1.13 bits per heavy atom. The molecular weight excluding hydrogens is 333 g/mol. The molecule has 1 amide bonds. The molecule has 0 unspecified atom stereocenters. The van der Waals surface area contributed by atoms with Crippen LogP contribution in [0, 0.1) is 0 Å². The van der Waals surface area contributed by atoms with Crippen molar-refractivity contribution in [2.75, 3.05) is 13.1 Å². The van der Waals surface area contributed by atoms with Gasteiger partial charge < -0.3 is 11.1 Å². The largest absolute Gasteiger partial charge is 0.350 e. The minimum absolute atomic E-state index is 0. The van der Waals surface area contributed by atoms with Gasteiger partial charge in [-0.25, -0.2) is 0 Å². The Balaban J connectivity index is 0.00000242. The standard InChI is InChI=1S/C17H27N3O.2ClH/c1-3-20(4-2)13-15-8-6-14(7-9-15)12-19-16(21)17(18)10-5-11-17;;/h6-9H,3-5,10-13,18H2,1-2H3,(H,19,21);2*1H. The Kier molecular flexibility index (Phi) is 9.78. The van der Waals surface area contributed by atoms with Crippen molar-refractivity contribution < 1.29 is 4.79 Å². The predicted molar refractivity (Wildman–Crippen MR) is 100 cm³/mol. The smallest absolute Gasteiger partial charge is 0.240 e. The van der Waals surface area contributed by atoms with Crippen LogP contribution in [-0.4, -0.2) is 29.4 Å². The summed E-state index contributed by atoms with van der Waals surface area (Å²) in [7, 11) is 0.